The zero-order chi connectivity index (χ0) is 10.7. The summed E-state index contributed by atoms with van der Waals surface area (Å²) in [5, 5.41) is 11.6. The molecule has 0 amide bonds. The van der Waals surface area contributed by atoms with Gasteiger partial charge in [-0.25, -0.2) is 0 Å². The minimum atomic E-state index is 0.355. The molecule has 0 saturated carbocycles. The highest BCUT2D eigenvalue weighted by Crippen LogP contribution is 2.16. The van der Waals surface area contributed by atoms with E-state index in [1.54, 1.807) is 11.3 Å². The lowest BCUT2D eigenvalue weighted by molar-refractivity contribution is 0.386. The number of nitrogens with one attached hydrogen (secondary N) is 1. The van der Waals surface area contributed by atoms with Crippen molar-refractivity contribution in [2.24, 2.45) is 0 Å². The van der Waals surface area contributed by atoms with Crippen LogP contribution in [0.25, 0.3) is 0 Å². The van der Waals surface area contributed by atoms with E-state index >= 15 is 0 Å². The SMILES string of the molecule is Cc1cc(CNC(C)c2ccsc2)no1. The molecule has 1 N–H and O–H groups in total. The number of rotatable bonds is 4. The lowest BCUT2D eigenvalue weighted by Crippen LogP contribution is -2.17. The molecule has 4 heteroatoms. The minimum Gasteiger partial charge on any atom is -0.361 e. The van der Waals surface area contributed by atoms with Crippen LogP contribution in [0, 0.1) is 6.92 Å². The van der Waals surface area contributed by atoms with Gasteiger partial charge < -0.3 is 9.84 Å². The Bertz CT molecular complexity index is 408. The van der Waals surface area contributed by atoms with E-state index in [1.165, 1.54) is 5.56 Å². The second-order valence-electron chi connectivity index (χ2n) is 3.59. The van der Waals surface area contributed by atoms with Crippen molar-refractivity contribution in [3.8, 4) is 0 Å². The van der Waals surface area contributed by atoms with Gasteiger partial charge in [0.05, 0.1) is 5.69 Å². The van der Waals surface area contributed by atoms with E-state index < -0.39 is 0 Å². The first kappa shape index (κ1) is 10.4. The molecule has 0 saturated heterocycles. The molecule has 0 bridgehead atoms. The molecule has 1 atom stereocenters. The van der Waals surface area contributed by atoms with Crippen LogP contribution >= 0.6 is 11.3 Å². The molecule has 0 aliphatic carbocycles. The first-order chi connectivity index (χ1) is 7.25. The molecule has 15 heavy (non-hydrogen) atoms. The molecule has 2 heterocycles. The van der Waals surface area contributed by atoms with E-state index in [4.69, 9.17) is 4.52 Å². The molecule has 0 aliphatic heterocycles. The van der Waals surface area contributed by atoms with Gasteiger partial charge in [0.25, 0.3) is 0 Å². The maximum atomic E-state index is 5.00. The van der Waals surface area contributed by atoms with Crippen LogP contribution in [0.1, 0.15) is 30.0 Å². The van der Waals surface area contributed by atoms with Crippen LogP contribution in [-0.2, 0) is 6.54 Å². The highest BCUT2D eigenvalue weighted by Gasteiger charge is 2.06. The quantitative estimate of drug-likeness (QED) is 0.864. The van der Waals surface area contributed by atoms with Crippen LogP contribution in [0.15, 0.2) is 27.4 Å². The second-order valence-corrected chi connectivity index (χ2v) is 4.37. The number of aromatic nitrogens is 1. The van der Waals surface area contributed by atoms with Crippen LogP contribution in [0.2, 0.25) is 0 Å². The molecule has 0 aliphatic rings. The van der Waals surface area contributed by atoms with E-state index in [2.05, 4.69) is 34.2 Å². The number of hydrogen-bond donors (Lipinski definition) is 1. The van der Waals surface area contributed by atoms with Gasteiger partial charge in [0.2, 0.25) is 0 Å². The molecule has 0 aromatic carbocycles. The van der Waals surface area contributed by atoms with Crippen LogP contribution in [-0.4, -0.2) is 5.16 Å². The fourth-order valence-corrected chi connectivity index (χ4v) is 2.15. The van der Waals surface area contributed by atoms with Gasteiger partial charge in [-0.2, -0.15) is 11.3 Å². The third kappa shape index (κ3) is 2.67. The Labute approximate surface area is 93.1 Å². The molecular formula is C11H14N2OS. The van der Waals surface area contributed by atoms with Gasteiger partial charge in [-0.1, -0.05) is 5.16 Å². The predicted molar refractivity (Wildman–Crippen MR) is 60.8 cm³/mol. The predicted octanol–water partition coefficient (Wildman–Crippen LogP) is 2.90. The minimum absolute atomic E-state index is 0.355. The van der Waals surface area contributed by atoms with Crippen molar-refractivity contribution in [3.05, 3.63) is 39.9 Å². The Kier molecular flexibility index (Phi) is 3.18. The highest BCUT2D eigenvalue weighted by molar-refractivity contribution is 7.07. The zero-order valence-corrected chi connectivity index (χ0v) is 9.67. The van der Waals surface area contributed by atoms with E-state index in [0.717, 1.165) is 18.0 Å². The largest absolute Gasteiger partial charge is 0.361 e. The van der Waals surface area contributed by atoms with Crippen molar-refractivity contribution in [3.63, 3.8) is 0 Å². The summed E-state index contributed by atoms with van der Waals surface area (Å²) >= 11 is 1.72. The fourth-order valence-electron chi connectivity index (χ4n) is 1.40. The van der Waals surface area contributed by atoms with E-state index in [0.29, 0.717) is 6.04 Å². The van der Waals surface area contributed by atoms with Gasteiger partial charge in [0, 0.05) is 18.7 Å². The van der Waals surface area contributed by atoms with Crippen LogP contribution in [0.4, 0.5) is 0 Å². The molecule has 2 rings (SSSR count). The molecule has 0 fully saturated rings. The average molecular weight is 222 g/mol. The van der Waals surface area contributed by atoms with E-state index in [9.17, 15) is 0 Å². The van der Waals surface area contributed by atoms with Crippen LogP contribution in [0.3, 0.4) is 0 Å². The lowest BCUT2D eigenvalue weighted by atomic mass is 10.2. The molecule has 0 spiro atoms. The van der Waals surface area contributed by atoms with Crippen molar-refractivity contribution in [1.82, 2.24) is 10.5 Å². The Morgan fingerprint density at radius 1 is 1.60 bits per heavy atom. The maximum absolute atomic E-state index is 5.00. The molecule has 2 aromatic rings. The maximum Gasteiger partial charge on any atom is 0.133 e. The Balaban J connectivity index is 1.88. The number of hydrogen-bond acceptors (Lipinski definition) is 4. The monoisotopic (exact) mass is 222 g/mol. The summed E-state index contributed by atoms with van der Waals surface area (Å²) in [6.07, 6.45) is 0. The number of nitrogens with zero attached hydrogens (tertiary/aromatic N) is 1. The summed E-state index contributed by atoms with van der Waals surface area (Å²) in [7, 11) is 0. The first-order valence-electron chi connectivity index (χ1n) is 4.93. The topological polar surface area (TPSA) is 38.1 Å². The Hall–Kier alpha value is -1.13. The zero-order valence-electron chi connectivity index (χ0n) is 8.86. The Morgan fingerprint density at radius 3 is 3.07 bits per heavy atom. The van der Waals surface area contributed by atoms with Crippen molar-refractivity contribution in [2.45, 2.75) is 26.4 Å². The summed E-state index contributed by atoms with van der Waals surface area (Å²) in [4.78, 5) is 0. The van der Waals surface area contributed by atoms with E-state index in [-0.39, 0.29) is 0 Å². The second kappa shape index (κ2) is 4.59. The molecule has 1 unspecified atom stereocenters. The van der Waals surface area contributed by atoms with Gasteiger partial charge in [0.15, 0.2) is 0 Å². The van der Waals surface area contributed by atoms with Crippen molar-refractivity contribution in [1.29, 1.82) is 0 Å². The lowest BCUT2D eigenvalue weighted by Gasteiger charge is -2.10. The summed E-state index contributed by atoms with van der Waals surface area (Å²) in [6.45, 7) is 4.79. The van der Waals surface area contributed by atoms with Crippen molar-refractivity contribution in [2.75, 3.05) is 0 Å². The van der Waals surface area contributed by atoms with Crippen LogP contribution < -0.4 is 5.32 Å². The summed E-state index contributed by atoms with van der Waals surface area (Å²) < 4.78 is 5.00. The fraction of sp³-hybridized carbons (Fsp3) is 0.364. The van der Waals surface area contributed by atoms with Crippen molar-refractivity contribution < 1.29 is 4.52 Å². The van der Waals surface area contributed by atoms with Gasteiger partial charge >= 0.3 is 0 Å². The van der Waals surface area contributed by atoms with Gasteiger partial charge in [0.1, 0.15) is 5.76 Å². The molecule has 2 aromatic heterocycles. The van der Waals surface area contributed by atoms with Crippen molar-refractivity contribution >= 4 is 11.3 Å². The highest BCUT2D eigenvalue weighted by atomic mass is 32.1. The summed E-state index contributed by atoms with van der Waals surface area (Å²) in [5.41, 5.74) is 2.27. The number of aryl methyl sites for hydroxylation is 1. The van der Waals surface area contributed by atoms with Gasteiger partial charge in [-0.05, 0) is 36.2 Å². The normalized spacial score (nSPS) is 12.9. The third-order valence-electron chi connectivity index (χ3n) is 2.31. The summed E-state index contributed by atoms with van der Waals surface area (Å²) in [6, 6.07) is 4.44. The molecule has 80 valence electrons. The molecule has 3 nitrogen and oxygen atoms in total. The van der Waals surface area contributed by atoms with Crippen LogP contribution in [0.5, 0.6) is 0 Å². The molecule has 0 radical (unpaired) electrons. The molecular weight excluding hydrogens is 208 g/mol. The smallest absolute Gasteiger partial charge is 0.133 e. The van der Waals surface area contributed by atoms with Gasteiger partial charge in [-0.15, -0.1) is 0 Å². The average Bonchev–Trinajstić information content (AvgIpc) is 2.84. The first-order valence-corrected chi connectivity index (χ1v) is 5.87. The third-order valence-corrected chi connectivity index (χ3v) is 3.01. The Morgan fingerprint density at radius 2 is 2.47 bits per heavy atom. The standard InChI is InChI=1S/C11H14N2OS/c1-8-5-11(13-14-8)6-12-9(2)10-3-4-15-7-10/h3-5,7,9,12H,6H2,1-2H3. The number of thiophene rings is 1. The van der Waals surface area contributed by atoms with E-state index in [1.807, 2.05) is 13.0 Å². The summed E-state index contributed by atoms with van der Waals surface area (Å²) in [5.74, 6) is 0.856. The van der Waals surface area contributed by atoms with Gasteiger partial charge in [-0.3, -0.25) is 0 Å².